The van der Waals surface area contributed by atoms with Crippen LogP contribution in [0, 0.1) is 6.92 Å². The second-order valence-corrected chi connectivity index (χ2v) is 8.18. The van der Waals surface area contributed by atoms with Crippen LogP contribution in [0.3, 0.4) is 0 Å². The van der Waals surface area contributed by atoms with Crippen LogP contribution >= 0.6 is 0 Å². The first-order valence-corrected chi connectivity index (χ1v) is 10.2. The van der Waals surface area contributed by atoms with Gasteiger partial charge < -0.3 is 5.32 Å². The van der Waals surface area contributed by atoms with Crippen molar-refractivity contribution >= 4 is 27.3 Å². The van der Waals surface area contributed by atoms with E-state index in [9.17, 15) is 26.4 Å². The number of carbonyl (C=O) groups is 1. The highest BCUT2D eigenvalue weighted by molar-refractivity contribution is 7.92. The topological polar surface area (TPSA) is 75.3 Å². The van der Waals surface area contributed by atoms with Crippen LogP contribution in [0.2, 0.25) is 0 Å². The molecule has 3 rings (SSSR count). The van der Waals surface area contributed by atoms with Crippen molar-refractivity contribution in [3.8, 4) is 0 Å². The number of hydrogen-bond donors (Lipinski definition) is 2. The van der Waals surface area contributed by atoms with Crippen molar-refractivity contribution in [1.82, 2.24) is 0 Å². The highest BCUT2D eigenvalue weighted by Crippen LogP contribution is 2.33. The lowest BCUT2D eigenvalue weighted by Crippen LogP contribution is -2.20. The molecule has 0 heterocycles. The van der Waals surface area contributed by atoms with Gasteiger partial charge in [0.25, 0.3) is 15.9 Å². The number of para-hydroxylation sites is 1. The molecule has 3 aromatic carbocycles. The lowest BCUT2D eigenvalue weighted by atomic mass is 10.1. The van der Waals surface area contributed by atoms with E-state index in [0.717, 1.165) is 17.7 Å². The number of carbonyl (C=O) groups excluding carboxylic acids is 1. The largest absolute Gasteiger partial charge is 0.416 e. The summed E-state index contributed by atoms with van der Waals surface area (Å²) in [5.41, 5.74) is -0.576. The Kier molecular flexibility index (Phi) is 5.84. The molecule has 3 aromatic rings. The normalized spacial score (nSPS) is 11.7. The third kappa shape index (κ3) is 4.98. The summed E-state index contributed by atoms with van der Waals surface area (Å²) in [4.78, 5) is 12.5. The molecule has 9 heteroatoms. The molecule has 1 amide bonds. The highest BCUT2D eigenvalue weighted by Gasteiger charge is 2.32. The first kappa shape index (κ1) is 21.4. The molecule has 30 heavy (non-hydrogen) atoms. The van der Waals surface area contributed by atoms with Crippen molar-refractivity contribution in [3.63, 3.8) is 0 Å². The van der Waals surface area contributed by atoms with Crippen LogP contribution in [-0.2, 0) is 16.2 Å². The SMILES string of the molecule is Cc1ccc(S(=O)(=O)Nc2cc(C(F)(F)F)ccc2C(=O)Nc2ccccc2)cc1. The molecule has 0 unspecified atom stereocenters. The molecule has 0 bridgehead atoms. The van der Waals surface area contributed by atoms with E-state index < -0.39 is 33.4 Å². The molecule has 0 aliphatic heterocycles. The Balaban J connectivity index is 2.01. The number of rotatable bonds is 5. The fraction of sp³-hybridized carbons (Fsp3) is 0.0952. The fourth-order valence-corrected chi connectivity index (χ4v) is 3.71. The summed E-state index contributed by atoms with van der Waals surface area (Å²) in [5, 5.41) is 2.53. The summed E-state index contributed by atoms with van der Waals surface area (Å²) in [6.07, 6.45) is -4.71. The number of anilines is 2. The number of hydrogen-bond acceptors (Lipinski definition) is 3. The van der Waals surface area contributed by atoms with E-state index in [1.807, 2.05) is 0 Å². The monoisotopic (exact) mass is 434 g/mol. The first-order valence-electron chi connectivity index (χ1n) is 8.73. The van der Waals surface area contributed by atoms with E-state index in [0.29, 0.717) is 11.8 Å². The van der Waals surface area contributed by atoms with E-state index in [4.69, 9.17) is 0 Å². The van der Waals surface area contributed by atoms with Crippen molar-refractivity contribution in [2.24, 2.45) is 0 Å². The van der Waals surface area contributed by atoms with Crippen LogP contribution in [0.15, 0.2) is 77.7 Å². The molecule has 0 saturated heterocycles. The highest BCUT2D eigenvalue weighted by atomic mass is 32.2. The molecule has 0 spiro atoms. The lowest BCUT2D eigenvalue weighted by Gasteiger charge is -2.16. The number of nitrogens with one attached hydrogen (secondary N) is 2. The second-order valence-electron chi connectivity index (χ2n) is 6.50. The van der Waals surface area contributed by atoms with E-state index in [2.05, 4.69) is 10.0 Å². The Bertz CT molecular complexity index is 1160. The van der Waals surface area contributed by atoms with Gasteiger partial charge in [-0.2, -0.15) is 13.2 Å². The zero-order valence-electron chi connectivity index (χ0n) is 15.7. The zero-order valence-corrected chi connectivity index (χ0v) is 16.5. The molecule has 0 saturated carbocycles. The molecular weight excluding hydrogens is 417 g/mol. The van der Waals surface area contributed by atoms with Gasteiger partial charge in [-0.1, -0.05) is 35.9 Å². The van der Waals surface area contributed by atoms with E-state index in [-0.39, 0.29) is 10.5 Å². The molecule has 0 radical (unpaired) electrons. The number of alkyl halides is 3. The number of benzene rings is 3. The van der Waals surface area contributed by atoms with Crippen LogP contribution < -0.4 is 10.0 Å². The minimum Gasteiger partial charge on any atom is -0.322 e. The number of sulfonamides is 1. The molecule has 0 aliphatic carbocycles. The zero-order chi connectivity index (χ0) is 21.9. The minimum atomic E-state index is -4.71. The van der Waals surface area contributed by atoms with Gasteiger partial charge in [0.15, 0.2) is 0 Å². The van der Waals surface area contributed by atoms with Crippen LogP contribution in [0.1, 0.15) is 21.5 Å². The summed E-state index contributed by atoms with van der Waals surface area (Å²) < 4.78 is 67.0. The summed E-state index contributed by atoms with van der Waals surface area (Å²) in [6, 6.07) is 16.3. The average molecular weight is 434 g/mol. The molecule has 0 fully saturated rings. The van der Waals surface area contributed by atoms with E-state index >= 15 is 0 Å². The van der Waals surface area contributed by atoms with Gasteiger partial charge in [-0.15, -0.1) is 0 Å². The lowest BCUT2D eigenvalue weighted by molar-refractivity contribution is -0.137. The third-order valence-electron chi connectivity index (χ3n) is 4.20. The molecule has 5 nitrogen and oxygen atoms in total. The fourth-order valence-electron chi connectivity index (χ4n) is 2.64. The van der Waals surface area contributed by atoms with Gasteiger partial charge in [-0.25, -0.2) is 8.42 Å². The number of amides is 1. The van der Waals surface area contributed by atoms with Crippen molar-refractivity contribution in [2.45, 2.75) is 18.0 Å². The quantitative estimate of drug-likeness (QED) is 0.589. The predicted molar refractivity (Wildman–Crippen MR) is 108 cm³/mol. The Labute approximate surface area is 171 Å². The van der Waals surface area contributed by atoms with Crippen LogP contribution in [0.4, 0.5) is 24.5 Å². The molecule has 2 N–H and O–H groups in total. The van der Waals surface area contributed by atoms with Crippen molar-refractivity contribution in [3.05, 3.63) is 89.5 Å². The maximum Gasteiger partial charge on any atom is 0.416 e. The molecular formula is C21H17F3N2O3S. The maximum absolute atomic E-state index is 13.2. The summed E-state index contributed by atoms with van der Waals surface area (Å²) in [6.45, 7) is 1.77. The van der Waals surface area contributed by atoms with Gasteiger partial charge >= 0.3 is 6.18 Å². The van der Waals surface area contributed by atoms with Crippen molar-refractivity contribution in [2.75, 3.05) is 10.0 Å². The minimum absolute atomic E-state index is 0.139. The van der Waals surface area contributed by atoms with Gasteiger partial charge in [-0.3, -0.25) is 9.52 Å². The second kappa shape index (κ2) is 8.19. The predicted octanol–water partition coefficient (Wildman–Crippen LogP) is 5.07. The Hall–Kier alpha value is -3.33. The van der Waals surface area contributed by atoms with Crippen molar-refractivity contribution in [1.29, 1.82) is 0 Å². The van der Waals surface area contributed by atoms with Crippen LogP contribution in [-0.4, -0.2) is 14.3 Å². The summed E-state index contributed by atoms with van der Waals surface area (Å²) >= 11 is 0. The molecule has 0 atom stereocenters. The summed E-state index contributed by atoms with van der Waals surface area (Å²) in [5.74, 6) is -0.753. The van der Waals surface area contributed by atoms with Gasteiger partial charge in [0.05, 0.1) is 21.7 Å². The Morgan fingerprint density at radius 1 is 0.900 bits per heavy atom. The van der Waals surface area contributed by atoms with E-state index in [1.165, 1.54) is 12.1 Å². The molecule has 0 aromatic heterocycles. The first-order chi connectivity index (χ1) is 14.1. The number of aryl methyl sites for hydroxylation is 1. The van der Waals surface area contributed by atoms with E-state index in [1.54, 1.807) is 49.4 Å². The van der Waals surface area contributed by atoms with Crippen molar-refractivity contribution < 1.29 is 26.4 Å². The maximum atomic E-state index is 13.2. The smallest absolute Gasteiger partial charge is 0.322 e. The van der Waals surface area contributed by atoms with Crippen LogP contribution in [0.25, 0.3) is 0 Å². The molecule has 156 valence electrons. The third-order valence-corrected chi connectivity index (χ3v) is 5.58. The van der Waals surface area contributed by atoms with Gasteiger partial charge in [-0.05, 0) is 49.4 Å². The average Bonchev–Trinajstić information content (AvgIpc) is 2.68. The number of halogens is 3. The van der Waals surface area contributed by atoms with Crippen LogP contribution in [0.5, 0.6) is 0 Å². The van der Waals surface area contributed by atoms with Gasteiger partial charge in [0.2, 0.25) is 0 Å². The standard InChI is InChI=1S/C21H17F3N2O3S/c1-14-7-10-17(11-8-14)30(28,29)26-19-13-15(21(22,23)24)9-12-18(19)20(27)25-16-5-3-2-4-6-16/h2-13,26H,1H3,(H,25,27). The molecule has 0 aliphatic rings. The summed E-state index contributed by atoms with van der Waals surface area (Å²) in [7, 11) is -4.22. The van der Waals surface area contributed by atoms with Gasteiger partial charge in [0.1, 0.15) is 0 Å². The Morgan fingerprint density at radius 2 is 1.53 bits per heavy atom. The van der Waals surface area contributed by atoms with Gasteiger partial charge in [0, 0.05) is 5.69 Å². The Morgan fingerprint density at radius 3 is 2.13 bits per heavy atom.